The third-order valence-corrected chi connectivity index (χ3v) is 4.47. The molecule has 1 saturated heterocycles. The third kappa shape index (κ3) is 3.71. The average molecular weight is 237 g/mol. The van der Waals surface area contributed by atoms with Gasteiger partial charge in [0, 0.05) is 12.6 Å². The van der Waals surface area contributed by atoms with Gasteiger partial charge in [0.25, 0.3) is 0 Å². The molecule has 1 aliphatic heterocycles. The summed E-state index contributed by atoms with van der Waals surface area (Å²) in [6.07, 6.45) is 1.48. The van der Waals surface area contributed by atoms with Crippen LogP contribution >= 0.6 is 0 Å². The van der Waals surface area contributed by atoms with E-state index < -0.39 is 15.3 Å². The predicted octanol–water partition coefficient (Wildman–Crippen LogP) is -0.146. The standard InChI is InChI=1S/C9H19NO4S/c1-7-5-9(3-4-14-7)10-15(12,13)8(2)6-11/h7-11H,3-6H2,1-2H3. The van der Waals surface area contributed by atoms with Crippen LogP contribution in [0.25, 0.3) is 0 Å². The molecule has 0 aliphatic carbocycles. The van der Waals surface area contributed by atoms with Crippen molar-refractivity contribution in [1.82, 2.24) is 4.72 Å². The second kappa shape index (κ2) is 5.25. The molecule has 0 aromatic rings. The SMILES string of the molecule is CC1CC(NS(=O)(=O)C(C)CO)CCO1. The average Bonchev–Trinajstić information content (AvgIpc) is 2.15. The van der Waals surface area contributed by atoms with E-state index in [4.69, 9.17) is 9.84 Å². The lowest BCUT2D eigenvalue weighted by molar-refractivity contribution is 0.0172. The van der Waals surface area contributed by atoms with Crippen molar-refractivity contribution < 1.29 is 18.3 Å². The molecule has 0 spiro atoms. The van der Waals surface area contributed by atoms with Gasteiger partial charge >= 0.3 is 0 Å². The van der Waals surface area contributed by atoms with Gasteiger partial charge in [0.15, 0.2) is 0 Å². The van der Waals surface area contributed by atoms with Gasteiger partial charge < -0.3 is 9.84 Å². The van der Waals surface area contributed by atoms with Gasteiger partial charge in [-0.3, -0.25) is 0 Å². The van der Waals surface area contributed by atoms with Crippen LogP contribution in [-0.4, -0.2) is 44.1 Å². The molecule has 0 radical (unpaired) electrons. The van der Waals surface area contributed by atoms with Crippen molar-refractivity contribution in [3.8, 4) is 0 Å². The molecule has 1 rings (SSSR count). The summed E-state index contributed by atoms with van der Waals surface area (Å²) in [5.74, 6) is 0. The zero-order valence-corrected chi connectivity index (χ0v) is 9.96. The Morgan fingerprint density at radius 1 is 1.60 bits per heavy atom. The van der Waals surface area contributed by atoms with Crippen molar-refractivity contribution in [2.75, 3.05) is 13.2 Å². The van der Waals surface area contributed by atoms with E-state index in [0.717, 1.165) is 0 Å². The van der Waals surface area contributed by atoms with Crippen LogP contribution in [0.1, 0.15) is 26.7 Å². The van der Waals surface area contributed by atoms with Gasteiger partial charge in [0.2, 0.25) is 10.0 Å². The van der Waals surface area contributed by atoms with Crippen molar-refractivity contribution >= 4 is 10.0 Å². The second-order valence-electron chi connectivity index (χ2n) is 4.06. The maximum Gasteiger partial charge on any atom is 0.216 e. The summed E-state index contributed by atoms with van der Waals surface area (Å²) >= 11 is 0. The van der Waals surface area contributed by atoms with Crippen molar-refractivity contribution in [3.05, 3.63) is 0 Å². The van der Waals surface area contributed by atoms with Crippen LogP contribution in [0.3, 0.4) is 0 Å². The number of aliphatic hydroxyl groups excluding tert-OH is 1. The number of rotatable bonds is 4. The summed E-state index contributed by atoms with van der Waals surface area (Å²) < 4.78 is 31.2. The first kappa shape index (κ1) is 12.9. The number of hydrogen-bond donors (Lipinski definition) is 2. The number of aliphatic hydroxyl groups is 1. The van der Waals surface area contributed by atoms with Crippen molar-refractivity contribution in [3.63, 3.8) is 0 Å². The lowest BCUT2D eigenvalue weighted by Gasteiger charge is -2.28. The van der Waals surface area contributed by atoms with Crippen molar-refractivity contribution in [2.24, 2.45) is 0 Å². The first-order valence-electron chi connectivity index (χ1n) is 5.19. The molecule has 1 heterocycles. The molecule has 0 saturated carbocycles. The maximum absolute atomic E-state index is 11.6. The quantitative estimate of drug-likeness (QED) is 0.713. The molecule has 3 atom stereocenters. The lowest BCUT2D eigenvalue weighted by atomic mass is 10.1. The highest BCUT2D eigenvalue weighted by molar-refractivity contribution is 7.90. The smallest absolute Gasteiger partial charge is 0.216 e. The highest BCUT2D eigenvalue weighted by Gasteiger charge is 2.27. The number of ether oxygens (including phenoxy) is 1. The van der Waals surface area contributed by atoms with E-state index >= 15 is 0 Å². The van der Waals surface area contributed by atoms with Gasteiger partial charge in [-0.05, 0) is 26.7 Å². The van der Waals surface area contributed by atoms with Gasteiger partial charge in [0.1, 0.15) is 0 Å². The molecule has 5 nitrogen and oxygen atoms in total. The third-order valence-electron chi connectivity index (χ3n) is 2.60. The second-order valence-corrected chi connectivity index (χ2v) is 6.19. The zero-order valence-electron chi connectivity index (χ0n) is 9.14. The Labute approximate surface area is 90.9 Å². The van der Waals surface area contributed by atoms with Crippen LogP contribution < -0.4 is 4.72 Å². The summed E-state index contributed by atoms with van der Waals surface area (Å²) in [6, 6.07) is -0.0623. The summed E-state index contributed by atoms with van der Waals surface area (Å²) in [6.45, 7) is 3.65. The lowest BCUT2D eigenvalue weighted by Crippen LogP contribution is -2.45. The molecule has 0 amide bonds. The summed E-state index contributed by atoms with van der Waals surface area (Å²) in [5.41, 5.74) is 0. The summed E-state index contributed by atoms with van der Waals surface area (Å²) in [5, 5.41) is 8.05. The minimum absolute atomic E-state index is 0.0623. The van der Waals surface area contributed by atoms with Gasteiger partial charge in [-0.1, -0.05) is 0 Å². The molecular formula is C9H19NO4S. The molecule has 90 valence electrons. The monoisotopic (exact) mass is 237 g/mol. The van der Waals surface area contributed by atoms with E-state index in [-0.39, 0.29) is 18.8 Å². The number of sulfonamides is 1. The van der Waals surface area contributed by atoms with Crippen LogP contribution in [0.2, 0.25) is 0 Å². The normalized spacial score (nSPS) is 30.1. The Kier molecular flexibility index (Phi) is 4.51. The maximum atomic E-state index is 11.6. The Hall–Kier alpha value is -0.170. The summed E-state index contributed by atoms with van der Waals surface area (Å²) in [7, 11) is -3.39. The fourth-order valence-electron chi connectivity index (χ4n) is 1.55. The highest BCUT2D eigenvalue weighted by Crippen LogP contribution is 2.14. The van der Waals surface area contributed by atoms with Crippen LogP contribution in [0.15, 0.2) is 0 Å². The molecule has 0 aromatic carbocycles. The minimum Gasteiger partial charge on any atom is -0.395 e. The van der Waals surface area contributed by atoms with E-state index in [1.807, 2.05) is 6.92 Å². The Morgan fingerprint density at radius 3 is 2.80 bits per heavy atom. The predicted molar refractivity (Wildman–Crippen MR) is 57.0 cm³/mol. The van der Waals surface area contributed by atoms with Gasteiger partial charge in [-0.25, -0.2) is 13.1 Å². The fraction of sp³-hybridized carbons (Fsp3) is 1.00. The molecule has 0 aromatic heterocycles. The summed E-state index contributed by atoms with van der Waals surface area (Å²) in [4.78, 5) is 0. The molecule has 0 bridgehead atoms. The Balaban J connectivity index is 2.53. The molecule has 6 heteroatoms. The van der Waals surface area contributed by atoms with Crippen LogP contribution in [0, 0.1) is 0 Å². The van der Waals surface area contributed by atoms with Crippen molar-refractivity contribution in [1.29, 1.82) is 0 Å². The minimum atomic E-state index is -3.39. The van der Waals surface area contributed by atoms with E-state index in [9.17, 15) is 8.42 Å². The Bertz CT molecular complexity index is 290. The van der Waals surface area contributed by atoms with E-state index in [1.165, 1.54) is 6.92 Å². The Morgan fingerprint density at radius 2 is 2.27 bits per heavy atom. The van der Waals surface area contributed by atoms with E-state index in [2.05, 4.69) is 4.72 Å². The van der Waals surface area contributed by atoms with Gasteiger partial charge in [0.05, 0.1) is 18.0 Å². The molecular weight excluding hydrogens is 218 g/mol. The largest absolute Gasteiger partial charge is 0.395 e. The van der Waals surface area contributed by atoms with Crippen LogP contribution in [0.5, 0.6) is 0 Å². The highest BCUT2D eigenvalue weighted by atomic mass is 32.2. The molecule has 1 fully saturated rings. The molecule has 3 unspecified atom stereocenters. The van der Waals surface area contributed by atoms with Crippen LogP contribution in [0.4, 0.5) is 0 Å². The molecule has 15 heavy (non-hydrogen) atoms. The van der Waals surface area contributed by atoms with Crippen molar-refractivity contribution in [2.45, 2.75) is 44.1 Å². The molecule has 2 N–H and O–H groups in total. The topological polar surface area (TPSA) is 75.6 Å². The van der Waals surface area contributed by atoms with E-state index in [1.54, 1.807) is 0 Å². The molecule has 1 aliphatic rings. The van der Waals surface area contributed by atoms with Crippen LogP contribution in [-0.2, 0) is 14.8 Å². The first-order chi connectivity index (χ1) is 6.95. The zero-order chi connectivity index (χ0) is 11.5. The van der Waals surface area contributed by atoms with Gasteiger partial charge in [-0.2, -0.15) is 0 Å². The first-order valence-corrected chi connectivity index (χ1v) is 6.74. The number of nitrogens with one attached hydrogen (secondary N) is 1. The number of hydrogen-bond acceptors (Lipinski definition) is 4. The van der Waals surface area contributed by atoms with Gasteiger partial charge in [-0.15, -0.1) is 0 Å². The fourth-order valence-corrected chi connectivity index (χ4v) is 2.66. The van der Waals surface area contributed by atoms with E-state index in [0.29, 0.717) is 19.4 Å².